The average molecular weight is 245 g/mol. The fourth-order valence-corrected chi connectivity index (χ4v) is 2.15. The van der Waals surface area contributed by atoms with Crippen LogP contribution in [0, 0.1) is 0 Å². The molecule has 18 heavy (non-hydrogen) atoms. The summed E-state index contributed by atoms with van der Waals surface area (Å²) in [7, 11) is 3.93. The Hall–Kier alpha value is -2.04. The van der Waals surface area contributed by atoms with E-state index in [-0.39, 0.29) is 5.69 Å². The first-order valence-electron chi connectivity index (χ1n) is 6.00. The molecule has 0 amide bonds. The van der Waals surface area contributed by atoms with Gasteiger partial charge in [0.05, 0.1) is 11.2 Å². The molecule has 0 atom stereocenters. The summed E-state index contributed by atoms with van der Waals surface area (Å²) in [5, 5.41) is 9.19. The number of fused-ring (bicyclic) bond motifs is 1. The molecule has 0 unspecified atom stereocenters. The van der Waals surface area contributed by atoms with Crippen molar-refractivity contribution in [3.8, 4) is 0 Å². The number of hydrogen-bond acceptors (Lipinski definition) is 3. The van der Waals surface area contributed by atoms with E-state index in [1.165, 1.54) is 0 Å². The van der Waals surface area contributed by atoms with Crippen molar-refractivity contribution in [1.29, 1.82) is 0 Å². The number of anilines is 1. The molecule has 1 aliphatic carbocycles. The van der Waals surface area contributed by atoms with E-state index in [2.05, 4.69) is 4.98 Å². The SMILES string of the molecule is CN(C)c1ccc2c(C(=O)O)nc(C3CC3)n2c1. The summed E-state index contributed by atoms with van der Waals surface area (Å²) < 4.78 is 1.93. The quantitative estimate of drug-likeness (QED) is 0.898. The molecule has 2 heterocycles. The molecule has 94 valence electrons. The third-order valence-electron chi connectivity index (χ3n) is 3.31. The number of nitrogens with zero attached hydrogens (tertiary/aromatic N) is 3. The van der Waals surface area contributed by atoms with Crippen LogP contribution in [-0.4, -0.2) is 34.6 Å². The van der Waals surface area contributed by atoms with Crippen LogP contribution in [0.3, 0.4) is 0 Å². The fraction of sp³-hybridized carbons (Fsp3) is 0.385. The molecule has 2 aromatic rings. The molecule has 3 rings (SSSR count). The van der Waals surface area contributed by atoms with Gasteiger partial charge in [-0.15, -0.1) is 0 Å². The fourth-order valence-electron chi connectivity index (χ4n) is 2.15. The number of hydrogen-bond donors (Lipinski definition) is 1. The van der Waals surface area contributed by atoms with Gasteiger partial charge in [-0.25, -0.2) is 9.78 Å². The Morgan fingerprint density at radius 3 is 2.72 bits per heavy atom. The third-order valence-corrected chi connectivity index (χ3v) is 3.31. The van der Waals surface area contributed by atoms with Crippen molar-refractivity contribution in [3.05, 3.63) is 29.8 Å². The van der Waals surface area contributed by atoms with Crippen LogP contribution < -0.4 is 4.90 Å². The lowest BCUT2D eigenvalue weighted by Crippen LogP contribution is -2.09. The van der Waals surface area contributed by atoms with E-state index >= 15 is 0 Å². The monoisotopic (exact) mass is 245 g/mol. The maximum absolute atomic E-state index is 11.2. The lowest BCUT2D eigenvalue weighted by Gasteiger charge is -2.13. The molecule has 0 aromatic carbocycles. The maximum atomic E-state index is 11.2. The van der Waals surface area contributed by atoms with E-state index in [0.29, 0.717) is 11.4 Å². The Morgan fingerprint density at radius 1 is 1.44 bits per heavy atom. The molecular weight excluding hydrogens is 230 g/mol. The minimum Gasteiger partial charge on any atom is -0.476 e. The minimum absolute atomic E-state index is 0.155. The van der Waals surface area contributed by atoms with E-state index in [0.717, 1.165) is 24.4 Å². The molecule has 0 radical (unpaired) electrons. The smallest absolute Gasteiger partial charge is 0.356 e. The highest BCUT2D eigenvalue weighted by molar-refractivity contribution is 5.94. The van der Waals surface area contributed by atoms with Gasteiger partial charge in [-0.1, -0.05) is 0 Å². The van der Waals surface area contributed by atoms with Crippen LogP contribution >= 0.6 is 0 Å². The molecule has 2 aromatic heterocycles. The van der Waals surface area contributed by atoms with Gasteiger partial charge < -0.3 is 14.4 Å². The normalized spacial score (nSPS) is 15.0. The molecule has 1 aliphatic rings. The molecule has 1 N–H and O–H groups in total. The Kier molecular flexibility index (Phi) is 2.29. The van der Waals surface area contributed by atoms with Gasteiger partial charge in [-0.05, 0) is 25.0 Å². The highest BCUT2D eigenvalue weighted by Gasteiger charge is 2.30. The van der Waals surface area contributed by atoms with Crippen molar-refractivity contribution in [2.24, 2.45) is 0 Å². The van der Waals surface area contributed by atoms with Gasteiger partial charge in [-0.3, -0.25) is 0 Å². The number of carbonyl (C=O) groups is 1. The van der Waals surface area contributed by atoms with Gasteiger partial charge in [0.15, 0.2) is 5.69 Å². The highest BCUT2D eigenvalue weighted by Crippen LogP contribution is 2.40. The van der Waals surface area contributed by atoms with Gasteiger partial charge >= 0.3 is 5.97 Å². The zero-order valence-corrected chi connectivity index (χ0v) is 10.4. The predicted octanol–water partition coefficient (Wildman–Crippen LogP) is 1.98. The Balaban J connectivity index is 2.25. The first-order chi connectivity index (χ1) is 8.58. The lowest BCUT2D eigenvalue weighted by atomic mass is 10.3. The van der Waals surface area contributed by atoms with Crippen molar-refractivity contribution in [1.82, 2.24) is 9.38 Å². The largest absolute Gasteiger partial charge is 0.476 e. The van der Waals surface area contributed by atoms with Gasteiger partial charge in [0.2, 0.25) is 0 Å². The molecule has 0 aliphatic heterocycles. The molecule has 5 nitrogen and oxygen atoms in total. The van der Waals surface area contributed by atoms with E-state index in [1.54, 1.807) is 0 Å². The second-order valence-corrected chi connectivity index (χ2v) is 4.94. The van der Waals surface area contributed by atoms with Gasteiger partial charge in [0.1, 0.15) is 5.82 Å². The average Bonchev–Trinajstić information content (AvgIpc) is 3.09. The van der Waals surface area contributed by atoms with Crippen LogP contribution in [0.5, 0.6) is 0 Å². The second kappa shape index (κ2) is 3.73. The van der Waals surface area contributed by atoms with Crippen LogP contribution in [0.2, 0.25) is 0 Å². The van der Waals surface area contributed by atoms with Gasteiger partial charge in [0, 0.05) is 26.2 Å². The van der Waals surface area contributed by atoms with Crippen molar-refractivity contribution < 1.29 is 9.90 Å². The van der Waals surface area contributed by atoms with E-state index in [9.17, 15) is 9.90 Å². The van der Waals surface area contributed by atoms with Crippen molar-refractivity contribution in [2.45, 2.75) is 18.8 Å². The van der Waals surface area contributed by atoms with Crippen LogP contribution in [0.1, 0.15) is 35.1 Å². The zero-order valence-electron chi connectivity index (χ0n) is 10.4. The van der Waals surface area contributed by atoms with Gasteiger partial charge in [-0.2, -0.15) is 0 Å². The summed E-state index contributed by atoms with van der Waals surface area (Å²) in [5.74, 6) is 0.339. The van der Waals surface area contributed by atoms with Crippen molar-refractivity contribution in [2.75, 3.05) is 19.0 Å². The van der Waals surface area contributed by atoms with Crippen molar-refractivity contribution >= 4 is 17.2 Å². The number of imidazole rings is 1. The molecule has 1 saturated carbocycles. The number of aromatic nitrogens is 2. The third kappa shape index (κ3) is 1.63. The topological polar surface area (TPSA) is 57.8 Å². The van der Waals surface area contributed by atoms with Gasteiger partial charge in [0.25, 0.3) is 0 Å². The number of carboxylic acid groups (broad SMARTS) is 1. The Bertz CT molecular complexity index is 626. The van der Waals surface area contributed by atoms with Crippen LogP contribution in [0.25, 0.3) is 5.52 Å². The number of rotatable bonds is 3. The summed E-state index contributed by atoms with van der Waals surface area (Å²) >= 11 is 0. The summed E-state index contributed by atoms with van der Waals surface area (Å²) in [6.45, 7) is 0. The Labute approximate surface area is 105 Å². The number of aromatic carboxylic acids is 1. The molecule has 1 fully saturated rings. The maximum Gasteiger partial charge on any atom is 0.356 e. The lowest BCUT2D eigenvalue weighted by molar-refractivity contribution is 0.0693. The summed E-state index contributed by atoms with van der Waals surface area (Å²) in [6.07, 6.45) is 4.16. The first kappa shape index (κ1) is 11.1. The molecular formula is C13H15N3O2. The second-order valence-electron chi connectivity index (χ2n) is 4.94. The number of carboxylic acids is 1. The summed E-state index contributed by atoms with van der Waals surface area (Å²) in [5.41, 5.74) is 1.87. The minimum atomic E-state index is -0.961. The van der Waals surface area contributed by atoms with Crippen molar-refractivity contribution in [3.63, 3.8) is 0 Å². The molecule has 0 saturated heterocycles. The van der Waals surface area contributed by atoms with E-state index in [4.69, 9.17) is 0 Å². The summed E-state index contributed by atoms with van der Waals surface area (Å²) in [6, 6.07) is 3.75. The van der Waals surface area contributed by atoms with Crippen LogP contribution in [0.4, 0.5) is 5.69 Å². The summed E-state index contributed by atoms with van der Waals surface area (Å²) in [4.78, 5) is 17.5. The Morgan fingerprint density at radius 2 is 2.17 bits per heavy atom. The number of pyridine rings is 1. The zero-order chi connectivity index (χ0) is 12.9. The molecule has 0 bridgehead atoms. The highest BCUT2D eigenvalue weighted by atomic mass is 16.4. The standard InChI is InChI=1S/C13H15N3O2/c1-15(2)9-5-6-10-11(13(17)18)14-12(8-3-4-8)16(10)7-9/h5-8H,3-4H2,1-2H3,(H,17,18). The van der Waals surface area contributed by atoms with E-state index in [1.807, 2.05) is 41.7 Å². The first-order valence-corrected chi connectivity index (χ1v) is 6.00. The predicted molar refractivity (Wildman–Crippen MR) is 68.5 cm³/mol. The van der Waals surface area contributed by atoms with Crippen LogP contribution in [0.15, 0.2) is 18.3 Å². The molecule has 0 spiro atoms. The van der Waals surface area contributed by atoms with Crippen LogP contribution in [-0.2, 0) is 0 Å². The van der Waals surface area contributed by atoms with E-state index < -0.39 is 5.97 Å². The molecule has 5 heteroatoms.